The van der Waals surface area contributed by atoms with E-state index in [2.05, 4.69) is 16.7 Å². The number of amides is 1. The number of nitrogens with zero attached hydrogens (tertiary/aromatic N) is 4. The minimum atomic E-state index is -3.51. The van der Waals surface area contributed by atoms with Crippen molar-refractivity contribution in [2.75, 3.05) is 25.4 Å². The summed E-state index contributed by atoms with van der Waals surface area (Å²) in [5, 5.41) is 0.746. The average Bonchev–Trinajstić information content (AvgIpc) is 3.24. The zero-order valence-electron chi connectivity index (χ0n) is 19.4. The molecule has 0 unspecified atom stereocenters. The molecular formula is C25H30N4O3S2. The highest BCUT2D eigenvalue weighted by Crippen LogP contribution is 2.29. The number of carbonyl (C=O) groups is 1. The maximum Gasteiger partial charge on any atom is 0.243 e. The van der Waals surface area contributed by atoms with Gasteiger partial charge in [0.2, 0.25) is 15.9 Å². The molecule has 0 atom stereocenters. The van der Waals surface area contributed by atoms with Crippen molar-refractivity contribution in [3.8, 4) is 0 Å². The predicted octanol–water partition coefficient (Wildman–Crippen LogP) is 3.91. The molecule has 34 heavy (non-hydrogen) atoms. The zero-order chi connectivity index (χ0) is 23.7. The second-order valence-corrected chi connectivity index (χ2v) is 11.8. The molecule has 2 aromatic carbocycles. The molecule has 9 heteroatoms. The summed E-state index contributed by atoms with van der Waals surface area (Å²) < 4.78 is 29.8. The molecule has 0 radical (unpaired) electrons. The van der Waals surface area contributed by atoms with Gasteiger partial charge in [0.1, 0.15) is 0 Å². The lowest BCUT2D eigenvalue weighted by Crippen LogP contribution is -2.37. The molecule has 0 spiro atoms. The third-order valence-electron chi connectivity index (χ3n) is 6.76. The molecule has 7 nitrogen and oxygen atoms in total. The average molecular weight is 499 g/mol. The van der Waals surface area contributed by atoms with Gasteiger partial charge in [-0.1, -0.05) is 42.4 Å². The molecule has 180 valence electrons. The Kier molecular flexibility index (Phi) is 6.68. The van der Waals surface area contributed by atoms with Crippen LogP contribution in [0.5, 0.6) is 0 Å². The summed E-state index contributed by atoms with van der Waals surface area (Å²) in [6, 6.07) is 13.5. The van der Waals surface area contributed by atoms with Gasteiger partial charge in [0.05, 0.1) is 21.7 Å². The van der Waals surface area contributed by atoms with E-state index in [1.54, 1.807) is 16.4 Å². The van der Waals surface area contributed by atoms with E-state index in [0.29, 0.717) is 42.3 Å². The second kappa shape index (κ2) is 9.71. The van der Waals surface area contributed by atoms with Crippen LogP contribution in [-0.2, 0) is 34.3 Å². The van der Waals surface area contributed by atoms with E-state index in [9.17, 15) is 13.2 Å². The number of sulfonamides is 1. The first kappa shape index (κ1) is 23.4. The normalized spacial score (nSPS) is 17.1. The van der Waals surface area contributed by atoms with Gasteiger partial charge in [0, 0.05) is 32.7 Å². The summed E-state index contributed by atoms with van der Waals surface area (Å²) in [5.41, 5.74) is 4.08. The summed E-state index contributed by atoms with van der Waals surface area (Å²) in [6.07, 6.45) is 3.77. The van der Waals surface area contributed by atoms with Crippen LogP contribution in [0.3, 0.4) is 0 Å². The van der Waals surface area contributed by atoms with Gasteiger partial charge in [-0.15, -0.1) is 0 Å². The van der Waals surface area contributed by atoms with Crippen LogP contribution in [0.15, 0.2) is 52.5 Å². The van der Waals surface area contributed by atoms with Gasteiger partial charge in [-0.05, 0) is 55.5 Å². The number of hydrogen-bond donors (Lipinski definition) is 0. The molecular weight excluding hydrogens is 468 g/mol. The quantitative estimate of drug-likeness (QED) is 0.482. The van der Waals surface area contributed by atoms with Gasteiger partial charge in [0.15, 0.2) is 5.16 Å². The van der Waals surface area contributed by atoms with Crippen molar-refractivity contribution in [1.82, 2.24) is 18.8 Å². The van der Waals surface area contributed by atoms with Crippen LogP contribution < -0.4 is 0 Å². The topological polar surface area (TPSA) is 75.5 Å². The van der Waals surface area contributed by atoms with Gasteiger partial charge in [-0.2, -0.15) is 4.31 Å². The maximum absolute atomic E-state index is 13.1. The summed E-state index contributed by atoms with van der Waals surface area (Å²) in [6.45, 7) is 5.27. The molecule has 1 fully saturated rings. The van der Waals surface area contributed by atoms with Gasteiger partial charge < -0.3 is 9.47 Å². The third-order valence-corrected chi connectivity index (χ3v) is 9.62. The van der Waals surface area contributed by atoms with Crippen LogP contribution in [0.25, 0.3) is 11.0 Å². The van der Waals surface area contributed by atoms with Crippen LogP contribution in [0.4, 0.5) is 0 Å². The molecule has 0 N–H and O–H groups in total. The van der Waals surface area contributed by atoms with Crippen molar-refractivity contribution in [3.63, 3.8) is 0 Å². The zero-order valence-corrected chi connectivity index (χ0v) is 21.1. The molecule has 1 amide bonds. The Labute approximate surface area is 205 Å². The van der Waals surface area contributed by atoms with E-state index >= 15 is 0 Å². The first-order valence-corrected chi connectivity index (χ1v) is 14.4. The fourth-order valence-electron chi connectivity index (χ4n) is 4.84. The highest BCUT2D eigenvalue weighted by Gasteiger charge is 2.27. The Balaban J connectivity index is 1.33. The Morgan fingerprint density at radius 2 is 1.79 bits per heavy atom. The number of thioether (sulfide) groups is 1. The Morgan fingerprint density at radius 1 is 1.03 bits per heavy atom. The van der Waals surface area contributed by atoms with Gasteiger partial charge in [-0.25, -0.2) is 13.4 Å². The van der Waals surface area contributed by atoms with Crippen LogP contribution >= 0.6 is 11.8 Å². The van der Waals surface area contributed by atoms with E-state index in [-0.39, 0.29) is 5.91 Å². The maximum atomic E-state index is 13.1. The molecule has 2 aliphatic rings. The Bertz CT molecular complexity index is 1310. The first-order valence-electron chi connectivity index (χ1n) is 11.9. The molecule has 0 saturated carbocycles. The lowest BCUT2D eigenvalue weighted by atomic mass is 10.00. The number of aromatic nitrogens is 2. The van der Waals surface area contributed by atoms with Crippen molar-refractivity contribution in [3.05, 3.63) is 53.6 Å². The summed E-state index contributed by atoms with van der Waals surface area (Å²) in [5.74, 6) is 0.410. The Hall–Kier alpha value is -2.36. The lowest BCUT2D eigenvalue weighted by molar-refractivity contribution is -0.129. The molecule has 5 rings (SSSR count). The fourth-order valence-corrected chi connectivity index (χ4v) is 7.36. The number of hydrogen-bond acceptors (Lipinski definition) is 5. The van der Waals surface area contributed by atoms with Gasteiger partial charge >= 0.3 is 0 Å². The molecule has 3 heterocycles. The smallest absolute Gasteiger partial charge is 0.243 e. The van der Waals surface area contributed by atoms with Crippen LogP contribution in [-0.4, -0.2) is 58.5 Å². The van der Waals surface area contributed by atoms with E-state index in [1.165, 1.54) is 22.9 Å². The van der Waals surface area contributed by atoms with Crippen LogP contribution in [0.1, 0.15) is 37.3 Å². The summed E-state index contributed by atoms with van der Waals surface area (Å²) >= 11 is 1.42. The summed E-state index contributed by atoms with van der Waals surface area (Å²) in [7, 11) is -3.51. The van der Waals surface area contributed by atoms with Crippen LogP contribution in [0.2, 0.25) is 0 Å². The Morgan fingerprint density at radius 3 is 2.56 bits per heavy atom. The third kappa shape index (κ3) is 4.48. The summed E-state index contributed by atoms with van der Waals surface area (Å²) in [4.78, 5) is 19.9. The highest BCUT2D eigenvalue weighted by atomic mass is 32.2. The molecule has 0 aliphatic carbocycles. The van der Waals surface area contributed by atoms with E-state index < -0.39 is 10.0 Å². The fraction of sp³-hybridized carbons (Fsp3) is 0.440. The largest absolute Gasteiger partial charge is 0.337 e. The highest BCUT2D eigenvalue weighted by molar-refractivity contribution is 7.99. The number of imidazole rings is 1. The minimum absolute atomic E-state index is 0.0996. The molecule has 1 aromatic heterocycles. The number of benzene rings is 2. The number of fused-ring (bicyclic) bond motifs is 2. The van der Waals surface area contributed by atoms with E-state index in [4.69, 9.17) is 4.98 Å². The predicted molar refractivity (Wildman–Crippen MR) is 134 cm³/mol. The first-order chi connectivity index (χ1) is 16.5. The van der Waals surface area contributed by atoms with Crippen LogP contribution in [0, 0.1) is 0 Å². The monoisotopic (exact) mass is 498 g/mol. The van der Waals surface area contributed by atoms with E-state index in [0.717, 1.165) is 42.9 Å². The van der Waals surface area contributed by atoms with Crippen molar-refractivity contribution in [2.24, 2.45) is 0 Å². The van der Waals surface area contributed by atoms with Crippen molar-refractivity contribution in [2.45, 2.75) is 55.7 Å². The lowest BCUT2D eigenvalue weighted by Gasteiger charge is -2.28. The van der Waals surface area contributed by atoms with E-state index in [1.807, 2.05) is 30.0 Å². The number of aryl methyl sites for hydroxylation is 1. The van der Waals surface area contributed by atoms with Gasteiger partial charge in [-0.3, -0.25) is 4.79 Å². The number of carbonyl (C=O) groups excluding carboxylic acids is 1. The SMILES string of the molecule is CCn1c(SCC(=O)N2CCc3ccccc3C2)nc2cc(S(=O)(=O)N3CCCCC3)ccc21. The van der Waals surface area contributed by atoms with Crippen molar-refractivity contribution < 1.29 is 13.2 Å². The second-order valence-electron chi connectivity index (χ2n) is 8.88. The van der Waals surface area contributed by atoms with Gasteiger partial charge in [0.25, 0.3) is 0 Å². The standard InChI is InChI=1S/C25H30N4O3S2/c1-2-29-23-11-10-21(34(31,32)28-13-6-3-7-14-28)16-22(23)26-25(29)33-18-24(30)27-15-12-19-8-4-5-9-20(19)17-27/h4-5,8-11,16H,2-3,6-7,12-15,17-18H2,1H3. The molecule has 1 saturated heterocycles. The molecule has 3 aromatic rings. The minimum Gasteiger partial charge on any atom is -0.337 e. The molecule has 2 aliphatic heterocycles. The number of rotatable bonds is 6. The molecule has 0 bridgehead atoms. The number of piperidine rings is 1. The van der Waals surface area contributed by atoms with Crippen molar-refractivity contribution >= 4 is 38.7 Å². The van der Waals surface area contributed by atoms with Crippen molar-refractivity contribution in [1.29, 1.82) is 0 Å².